The predicted molar refractivity (Wildman–Crippen MR) is 43.0 cm³/mol. The van der Waals surface area contributed by atoms with Crippen molar-refractivity contribution in [2.75, 3.05) is 19.6 Å². The van der Waals surface area contributed by atoms with Crippen LogP contribution in [0.5, 0.6) is 0 Å². The summed E-state index contributed by atoms with van der Waals surface area (Å²) >= 11 is 0. The molecular weight excluding hydrogens is 142 g/mol. The molecule has 1 amide bonds. The molecule has 2 atom stereocenters. The maximum absolute atomic E-state index is 10.8. The van der Waals surface area contributed by atoms with Gasteiger partial charge in [-0.3, -0.25) is 4.79 Å². The lowest BCUT2D eigenvalue weighted by Gasteiger charge is -2.14. The lowest BCUT2D eigenvalue weighted by molar-refractivity contribution is -0.120. The SMILES string of the molecule is CC1CNCC1NC(=O)CN. The monoisotopic (exact) mass is 157 g/mol. The third kappa shape index (κ3) is 2.17. The molecule has 11 heavy (non-hydrogen) atoms. The number of hydrogen-bond acceptors (Lipinski definition) is 3. The molecule has 1 aliphatic heterocycles. The first-order valence-corrected chi connectivity index (χ1v) is 3.94. The zero-order valence-corrected chi connectivity index (χ0v) is 6.76. The fraction of sp³-hybridized carbons (Fsp3) is 0.857. The van der Waals surface area contributed by atoms with Crippen molar-refractivity contribution in [1.82, 2.24) is 10.6 Å². The first-order valence-electron chi connectivity index (χ1n) is 3.94. The normalized spacial score (nSPS) is 30.4. The van der Waals surface area contributed by atoms with Gasteiger partial charge >= 0.3 is 0 Å². The van der Waals surface area contributed by atoms with E-state index >= 15 is 0 Å². The van der Waals surface area contributed by atoms with Crippen LogP contribution in [-0.4, -0.2) is 31.6 Å². The Morgan fingerprint density at radius 3 is 2.91 bits per heavy atom. The molecule has 1 fully saturated rings. The molecule has 0 bridgehead atoms. The number of nitrogens with two attached hydrogens (primary N) is 1. The lowest BCUT2D eigenvalue weighted by Crippen LogP contribution is -2.42. The molecule has 0 radical (unpaired) electrons. The van der Waals surface area contributed by atoms with Crippen LogP contribution in [-0.2, 0) is 4.79 Å². The maximum atomic E-state index is 10.8. The van der Waals surface area contributed by atoms with Crippen molar-refractivity contribution in [1.29, 1.82) is 0 Å². The van der Waals surface area contributed by atoms with Gasteiger partial charge in [-0.1, -0.05) is 6.92 Å². The summed E-state index contributed by atoms with van der Waals surface area (Å²) in [6.07, 6.45) is 0. The summed E-state index contributed by atoms with van der Waals surface area (Å²) in [4.78, 5) is 10.8. The number of carbonyl (C=O) groups is 1. The molecule has 1 aliphatic rings. The zero-order chi connectivity index (χ0) is 8.27. The molecule has 64 valence electrons. The second-order valence-corrected chi connectivity index (χ2v) is 3.01. The summed E-state index contributed by atoms with van der Waals surface area (Å²) in [6, 6.07) is 0.269. The van der Waals surface area contributed by atoms with Gasteiger partial charge in [0.05, 0.1) is 6.54 Å². The summed E-state index contributed by atoms with van der Waals surface area (Å²) < 4.78 is 0. The Morgan fingerprint density at radius 1 is 1.73 bits per heavy atom. The number of carbonyl (C=O) groups excluding carboxylic acids is 1. The smallest absolute Gasteiger partial charge is 0.234 e. The quantitative estimate of drug-likeness (QED) is 0.465. The molecule has 4 heteroatoms. The standard InChI is InChI=1S/C7H15N3O/c1-5-3-9-4-6(5)10-7(11)2-8/h5-6,9H,2-4,8H2,1H3,(H,10,11). The predicted octanol–water partition coefficient (Wildman–Crippen LogP) is -1.33. The molecule has 0 aromatic carbocycles. The molecule has 0 spiro atoms. The van der Waals surface area contributed by atoms with E-state index in [2.05, 4.69) is 17.6 Å². The van der Waals surface area contributed by atoms with Crippen molar-refractivity contribution in [3.05, 3.63) is 0 Å². The van der Waals surface area contributed by atoms with Crippen LogP contribution < -0.4 is 16.4 Å². The van der Waals surface area contributed by atoms with E-state index in [0.29, 0.717) is 5.92 Å². The van der Waals surface area contributed by atoms with E-state index < -0.39 is 0 Å². The van der Waals surface area contributed by atoms with Gasteiger partial charge in [0.15, 0.2) is 0 Å². The van der Waals surface area contributed by atoms with Crippen molar-refractivity contribution in [3.63, 3.8) is 0 Å². The molecule has 0 aromatic rings. The molecule has 0 aliphatic carbocycles. The highest BCUT2D eigenvalue weighted by Gasteiger charge is 2.23. The van der Waals surface area contributed by atoms with E-state index in [9.17, 15) is 4.79 Å². The fourth-order valence-electron chi connectivity index (χ4n) is 1.27. The topological polar surface area (TPSA) is 67.1 Å². The summed E-state index contributed by atoms with van der Waals surface area (Å²) in [5, 5.41) is 6.05. The van der Waals surface area contributed by atoms with Crippen molar-refractivity contribution < 1.29 is 4.79 Å². The molecule has 2 unspecified atom stereocenters. The highest BCUT2D eigenvalue weighted by Crippen LogP contribution is 2.06. The average molecular weight is 157 g/mol. The van der Waals surface area contributed by atoms with Gasteiger partial charge in [0.1, 0.15) is 0 Å². The highest BCUT2D eigenvalue weighted by atomic mass is 16.1. The van der Waals surface area contributed by atoms with Crippen LogP contribution in [0.25, 0.3) is 0 Å². The van der Waals surface area contributed by atoms with E-state index in [1.54, 1.807) is 0 Å². The van der Waals surface area contributed by atoms with Crippen molar-refractivity contribution >= 4 is 5.91 Å². The van der Waals surface area contributed by atoms with Gasteiger partial charge in [0.25, 0.3) is 0 Å². The van der Waals surface area contributed by atoms with Gasteiger partial charge in [0, 0.05) is 12.6 Å². The zero-order valence-electron chi connectivity index (χ0n) is 6.76. The van der Waals surface area contributed by atoms with Crippen molar-refractivity contribution in [2.24, 2.45) is 11.7 Å². The Kier molecular flexibility index (Phi) is 2.84. The van der Waals surface area contributed by atoms with Gasteiger partial charge in [-0.05, 0) is 12.5 Å². The van der Waals surface area contributed by atoms with E-state index in [-0.39, 0.29) is 18.5 Å². The minimum absolute atomic E-state index is 0.0643. The Labute approximate surface area is 66.5 Å². The highest BCUT2D eigenvalue weighted by molar-refractivity contribution is 5.78. The molecule has 0 aromatic heterocycles. The average Bonchev–Trinajstić information content (AvgIpc) is 2.37. The number of nitrogens with one attached hydrogen (secondary N) is 2. The summed E-state index contributed by atoms with van der Waals surface area (Å²) in [5.41, 5.74) is 5.16. The number of hydrogen-bond donors (Lipinski definition) is 3. The molecule has 1 rings (SSSR count). The number of rotatable bonds is 2. The Hall–Kier alpha value is -0.610. The van der Waals surface area contributed by atoms with Gasteiger partial charge < -0.3 is 16.4 Å². The molecule has 4 N–H and O–H groups in total. The van der Waals surface area contributed by atoms with Crippen LogP contribution in [0.3, 0.4) is 0 Å². The molecular formula is C7H15N3O. The van der Waals surface area contributed by atoms with Gasteiger partial charge in [-0.25, -0.2) is 0 Å². The lowest BCUT2D eigenvalue weighted by atomic mass is 10.1. The third-order valence-corrected chi connectivity index (χ3v) is 2.05. The van der Waals surface area contributed by atoms with Gasteiger partial charge in [-0.15, -0.1) is 0 Å². The van der Waals surface area contributed by atoms with Crippen LogP contribution in [0.15, 0.2) is 0 Å². The molecule has 0 saturated carbocycles. The van der Waals surface area contributed by atoms with E-state index in [1.165, 1.54) is 0 Å². The summed E-state index contributed by atoms with van der Waals surface area (Å²) in [7, 11) is 0. The Balaban J connectivity index is 2.30. The second kappa shape index (κ2) is 3.69. The van der Waals surface area contributed by atoms with Crippen LogP contribution in [0, 0.1) is 5.92 Å². The Morgan fingerprint density at radius 2 is 2.45 bits per heavy atom. The maximum Gasteiger partial charge on any atom is 0.234 e. The summed E-state index contributed by atoms with van der Waals surface area (Å²) in [5.74, 6) is 0.455. The third-order valence-electron chi connectivity index (χ3n) is 2.05. The second-order valence-electron chi connectivity index (χ2n) is 3.01. The fourth-order valence-corrected chi connectivity index (χ4v) is 1.27. The molecule has 4 nitrogen and oxygen atoms in total. The summed E-state index contributed by atoms with van der Waals surface area (Å²) in [6.45, 7) is 4.05. The van der Waals surface area contributed by atoms with Crippen molar-refractivity contribution in [2.45, 2.75) is 13.0 Å². The van der Waals surface area contributed by atoms with Crippen LogP contribution in [0.4, 0.5) is 0 Å². The first-order chi connectivity index (χ1) is 5.24. The molecule has 1 saturated heterocycles. The van der Waals surface area contributed by atoms with Gasteiger partial charge in [0.2, 0.25) is 5.91 Å². The largest absolute Gasteiger partial charge is 0.351 e. The first kappa shape index (κ1) is 8.49. The van der Waals surface area contributed by atoms with Gasteiger partial charge in [-0.2, -0.15) is 0 Å². The minimum atomic E-state index is -0.0643. The van der Waals surface area contributed by atoms with E-state index in [1.807, 2.05) is 0 Å². The Bertz CT molecular complexity index is 149. The molecule has 1 heterocycles. The number of amides is 1. The van der Waals surface area contributed by atoms with Crippen molar-refractivity contribution in [3.8, 4) is 0 Å². The van der Waals surface area contributed by atoms with E-state index in [4.69, 9.17) is 5.73 Å². The van der Waals surface area contributed by atoms with Crippen LogP contribution in [0.1, 0.15) is 6.92 Å². The van der Waals surface area contributed by atoms with Crippen LogP contribution >= 0.6 is 0 Å². The van der Waals surface area contributed by atoms with Crippen LogP contribution in [0.2, 0.25) is 0 Å². The van der Waals surface area contributed by atoms with E-state index in [0.717, 1.165) is 13.1 Å². The minimum Gasteiger partial charge on any atom is -0.351 e.